The number of rotatable bonds is 10. The molecular weight excluding hydrogens is 370 g/mol. The van der Waals surface area contributed by atoms with Crippen molar-refractivity contribution in [3.63, 3.8) is 0 Å². The van der Waals surface area contributed by atoms with Crippen molar-refractivity contribution >= 4 is 12.2 Å². The molecule has 6 heteroatoms. The second-order valence-corrected chi connectivity index (χ2v) is 7.41. The van der Waals surface area contributed by atoms with Gasteiger partial charge in [0.15, 0.2) is 0 Å². The maximum absolute atomic E-state index is 11.8. The molecule has 0 aliphatic rings. The van der Waals surface area contributed by atoms with Crippen LogP contribution in [0, 0.1) is 0 Å². The Morgan fingerprint density at radius 2 is 1.79 bits per heavy atom. The normalized spacial score (nSPS) is 13.2. The maximum atomic E-state index is 11.8. The molecule has 0 fully saturated rings. The van der Waals surface area contributed by atoms with Crippen molar-refractivity contribution in [2.75, 3.05) is 13.2 Å². The third-order valence-electron chi connectivity index (χ3n) is 3.69. The minimum atomic E-state index is -1.05. The van der Waals surface area contributed by atoms with E-state index in [2.05, 4.69) is 12.2 Å². The number of alkyl carbamates (subject to hydrolysis) is 1. The number of aliphatic hydroxyl groups excluding tert-OH is 2. The Labute approximate surface area is 175 Å². The summed E-state index contributed by atoms with van der Waals surface area (Å²) in [6, 6.07) is 6.67. The lowest BCUT2D eigenvalue weighted by atomic mass is 10.1. The molecule has 1 rings (SSSR count). The fraction of sp³-hybridized carbons (Fsp3) is 0.609. The Hall–Kier alpha value is -2.05. The van der Waals surface area contributed by atoms with E-state index in [1.54, 1.807) is 26.8 Å². The van der Waals surface area contributed by atoms with Crippen LogP contribution in [0.15, 0.2) is 30.3 Å². The summed E-state index contributed by atoms with van der Waals surface area (Å²) in [5.41, 5.74) is 0.231. The fourth-order valence-corrected chi connectivity index (χ4v) is 2.26. The van der Waals surface area contributed by atoms with Gasteiger partial charge in [-0.15, -0.1) is 0 Å². The van der Waals surface area contributed by atoms with E-state index in [1.165, 1.54) is 6.08 Å². The van der Waals surface area contributed by atoms with Crippen LogP contribution in [0.3, 0.4) is 0 Å². The summed E-state index contributed by atoms with van der Waals surface area (Å²) in [5.74, 6) is 0.809. The van der Waals surface area contributed by atoms with Crippen LogP contribution in [0.1, 0.15) is 66.4 Å². The molecule has 1 unspecified atom stereocenters. The van der Waals surface area contributed by atoms with E-state index < -0.39 is 30.4 Å². The van der Waals surface area contributed by atoms with Gasteiger partial charge in [0.2, 0.25) is 0 Å². The first-order valence-corrected chi connectivity index (χ1v) is 10.4. The molecule has 1 amide bonds. The van der Waals surface area contributed by atoms with E-state index in [0.717, 1.165) is 30.6 Å². The lowest BCUT2D eigenvalue weighted by Crippen LogP contribution is -2.46. The summed E-state index contributed by atoms with van der Waals surface area (Å²) in [6.07, 6.45) is 4.87. The molecule has 0 aromatic heterocycles. The van der Waals surface area contributed by atoms with Crippen molar-refractivity contribution in [3.05, 3.63) is 35.9 Å². The number of nitrogens with one attached hydrogen (secondary N) is 1. The van der Waals surface area contributed by atoms with Crippen LogP contribution in [0.4, 0.5) is 4.79 Å². The Morgan fingerprint density at radius 3 is 2.31 bits per heavy atom. The zero-order chi connectivity index (χ0) is 22.3. The quantitative estimate of drug-likeness (QED) is 0.494. The van der Waals surface area contributed by atoms with Gasteiger partial charge in [-0.1, -0.05) is 57.9 Å². The van der Waals surface area contributed by atoms with E-state index >= 15 is 0 Å². The van der Waals surface area contributed by atoms with Gasteiger partial charge in [-0.05, 0) is 44.9 Å². The molecule has 1 aromatic rings. The average Bonchev–Trinajstić information content (AvgIpc) is 2.68. The first kappa shape index (κ1) is 27.0. The second kappa shape index (κ2) is 14.9. The van der Waals surface area contributed by atoms with E-state index in [1.807, 2.05) is 38.1 Å². The molecule has 0 bridgehead atoms. The molecule has 0 spiro atoms. The molecule has 0 saturated carbocycles. The lowest BCUT2D eigenvalue weighted by Gasteiger charge is -2.24. The van der Waals surface area contributed by atoms with Crippen LogP contribution in [-0.4, -0.2) is 47.3 Å². The average molecular weight is 410 g/mol. The van der Waals surface area contributed by atoms with Gasteiger partial charge in [0.25, 0.3) is 0 Å². The largest absolute Gasteiger partial charge is 0.494 e. The number of hydrogen-bond donors (Lipinski definition) is 3. The molecule has 3 N–H and O–H groups in total. The first-order valence-electron chi connectivity index (χ1n) is 10.4. The second-order valence-electron chi connectivity index (χ2n) is 7.41. The van der Waals surface area contributed by atoms with E-state index in [4.69, 9.17) is 9.47 Å². The monoisotopic (exact) mass is 409 g/mol. The highest BCUT2D eigenvalue weighted by Gasteiger charge is 2.22. The predicted octanol–water partition coefficient (Wildman–Crippen LogP) is 4.54. The summed E-state index contributed by atoms with van der Waals surface area (Å²) < 4.78 is 10.8. The standard InChI is InChI=1S/C21H33NO5.C2H6/c1-5-6-7-14-26-17-11-8-16(9-12-17)10-13-19(24)18(15-23)22-20(25)27-21(2,3)4;1-2/h8-13,18-19,23-24H,5-7,14-15H2,1-4H3,(H,22,25);1-2H3/b13-10+;/t18?,19-;/m0./s1. The maximum Gasteiger partial charge on any atom is 0.408 e. The SMILES string of the molecule is CC.CCCCCOc1ccc(/C=C/[C@H](O)C(CO)NC(=O)OC(C)(C)C)cc1. The van der Waals surface area contributed by atoms with Crippen molar-refractivity contribution in [3.8, 4) is 5.75 Å². The third-order valence-corrected chi connectivity index (χ3v) is 3.69. The zero-order valence-electron chi connectivity index (χ0n) is 18.8. The number of hydrogen-bond acceptors (Lipinski definition) is 5. The molecule has 0 radical (unpaired) electrons. The van der Waals surface area contributed by atoms with Gasteiger partial charge in [-0.25, -0.2) is 4.79 Å². The van der Waals surface area contributed by atoms with Crippen molar-refractivity contribution in [2.45, 2.75) is 78.6 Å². The Kier molecular flexibility index (Phi) is 13.8. The number of aliphatic hydroxyl groups is 2. The van der Waals surface area contributed by atoms with Crippen LogP contribution in [-0.2, 0) is 4.74 Å². The van der Waals surface area contributed by atoms with E-state index in [0.29, 0.717) is 6.61 Å². The highest BCUT2D eigenvalue weighted by Crippen LogP contribution is 2.14. The smallest absolute Gasteiger partial charge is 0.408 e. The molecule has 2 atom stereocenters. The van der Waals surface area contributed by atoms with Gasteiger partial charge in [0, 0.05) is 0 Å². The fourth-order valence-electron chi connectivity index (χ4n) is 2.26. The predicted molar refractivity (Wildman–Crippen MR) is 118 cm³/mol. The molecule has 166 valence electrons. The van der Waals surface area contributed by atoms with Crippen molar-refractivity contribution in [1.29, 1.82) is 0 Å². The van der Waals surface area contributed by atoms with Crippen molar-refractivity contribution in [2.24, 2.45) is 0 Å². The molecule has 0 aliphatic carbocycles. The number of benzene rings is 1. The third kappa shape index (κ3) is 12.9. The highest BCUT2D eigenvalue weighted by atomic mass is 16.6. The lowest BCUT2D eigenvalue weighted by molar-refractivity contribution is 0.0406. The zero-order valence-corrected chi connectivity index (χ0v) is 18.8. The Morgan fingerprint density at radius 1 is 1.17 bits per heavy atom. The summed E-state index contributed by atoms with van der Waals surface area (Å²) in [7, 11) is 0. The Bertz CT molecular complexity index is 578. The number of carbonyl (C=O) groups excluding carboxylic acids is 1. The van der Waals surface area contributed by atoms with Crippen LogP contribution in [0.25, 0.3) is 6.08 Å². The molecule has 1 aromatic carbocycles. The minimum absolute atomic E-state index is 0.407. The molecule has 0 heterocycles. The summed E-state index contributed by atoms with van der Waals surface area (Å²) in [6.45, 7) is 11.7. The molecular formula is C23H39NO5. The summed E-state index contributed by atoms with van der Waals surface area (Å²) >= 11 is 0. The number of amides is 1. The van der Waals surface area contributed by atoms with Crippen molar-refractivity contribution in [1.82, 2.24) is 5.32 Å². The number of carbonyl (C=O) groups is 1. The van der Waals surface area contributed by atoms with Gasteiger partial charge in [-0.2, -0.15) is 0 Å². The number of ether oxygens (including phenoxy) is 2. The van der Waals surface area contributed by atoms with Crippen LogP contribution in [0.5, 0.6) is 5.75 Å². The van der Waals surface area contributed by atoms with Crippen LogP contribution < -0.4 is 10.1 Å². The molecule has 6 nitrogen and oxygen atoms in total. The molecule has 0 saturated heterocycles. The highest BCUT2D eigenvalue weighted by molar-refractivity contribution is 5.68. The summed E-state index contributed by atoms with van der Waals surface area (Å²) in [5, 5.41) is 22.1. The van der Waals surface area contributed by atoms with Gasteiger partial charge >= 0.3 is 6.09 Å². The summed E-state index contributed by atoms with van der Waals surface area (Å²) in [4.78, 5) is 11.8. The van der Waals surface area contributed by atoms with Crippen molar-refractivity contribution < 1.29 is 24.5 Å². The van der Waals surface area contributed by atoms with Gasteiger partial charge in [0.05, 0.1) is 25.4 Å². The van der Waals surface area contributed by atoms with Crippen LogP contribution in [0.2, 0.25) is 0 Å². The van der Waals surface area contributed by atoms with Gasteiger partial charge in [0.1, 0.15) is 11.4 Å². The van der Waals surface area contributed by atoms with Crippen LogP contribution >= 0.6 is 0 Å². The number of unbranched alkanes of at least 4 members (excludes halogenated alkanes) is 2. The topological polar surface area (TPSA) is 88.0 Å². The van der Waals surface area contributed by atoms with E-state index in [9.17, 15) is 15.0 Å². The molecule has 0 aliphatic heterocycles. The molecule has 29 heavy (non-hydrogen) atoms. The van der Waals surface area contributed by atoms with E-state index in [-0.39, 0.29) is 0 Å². The van der Waals surface area contributed by atoms with Gasteiger partial charge < -0.3 is 25.0 Å². The first-order chi connectivity index (χ1) is 13.7. The Balaban J connectivity index is 0.00000379. The van der Waals surface area contributed by atoms with Gasteiger partial charge in [-0.3, -0.25) is 0 Å². The minimum Gasteiger partial charge on any atom is -0.494 e.